The Kier molecular flexibility index (Phi) is 2.49. The van der Waals surface area contributed by atoms with E-state index >= 15 is 0 Å². The minimum Gasteiger partial charge on any atom is -0.352 e. The molecule has 0 atom stereocenters. The quantitative estimate of drug-likeness (QED) is 0.534. The van der Waals surface area contributed by atoms with Gasteiger partial charge < -0.3 is 9.47 Å². The molecule has 0 aromatic rings. The van der Waals surface area contributed by atoms with Crippen LogP contribution in [0.15, 0.2) is 0 Å². The molecule has 0 amide bonds. The van der Waals surface area contributed by atoms with Crippen molar-refractivity contribution in [1.82, 2.24) is 0 Å². The zero-order valence-electron chi connectivity index (χ0n) is 6.09. The van der Waals surface area contributed by atoms with Crippen LogP contribution in [-0.4, -0.2) is 19.5 Å². The zero-order chi connectivity index (χ0) is 6.69. The second kappa shape index (κ2) is 3.18. The summed E-state index contributed by atoms with van der Waals surface area (Å²) in [5.74, 6) is 0.491. The molecular formula is C7H14O2. The van der Waals surface area contributed by atoms with Crippen molar-refractivity contribution in [2.75, 3.05) is 13.2 Å². The van der Waals surface area contributed by atoms with E-state index in [1.807, 2.05) is 0 Å². The third-order valence-corrected chi connectivity index (χ3v) is 1.40. The summed E-state index contributed by atoms with van der Waals surface area (Å²) in [4.78, 5) is 0. The SMILES string of the molecule is CC(C)C1OCCCO1. The van der Waals surface area contributed by atoms with Crippen LogP contribution >= 0.6 is 0 Å². The molecule has 0 bridgehead atoms. The number of hydrogen-bond acceptors (Lipinski definition) is 2. The lowest BCUT2D eigenvalue weighted by Gasteiger charge is -2.25. The van der Waals surface area contributed by atoms with E-state index in [0.717, 1.165) is 19.6 Å². The molecule has 0 unspecified atom stereocenters. The maximum absolute atomic E-state index is 5.32. The summed E-state index contributed by atoms with van der Waals surface area (Å²) in [6.07, 6.45) is 1.10. The van der Waals surface area contributed by atoms with Gasteiger partial charge in [0, 0.05) is 5.92 Å². The highest BCUT2D eigenvalue weighted by atomic mass is 16.7. The van der Waals surface area contributed by atoms with E-state index < -0.39 is 0 Å². The van der Waals surface area contributed by atoms with Crippen molar-refractivity contribution >= 4 is 0 Å². The molecule has 1 aliphatic rings. The summed E-state index contributed by atoms with van der Waals surface area (Å²) in [6.45, 7) is 5.94. The third-order valence-electron chi connectivity index (χ3n) is 1.40. The Morgan fingerprint density at radius 2 is 1.78 bits per heavy atom. The summed E-state index contributed by atoms with van der Waals surface area (Å²) in [7, 11) is 0. The van der Waals surface area contributed by atoms with Crippen LogP contribution in [0.5, 0.6) is 0 Å². The van der Waals surface area contributed by atoms with Crippen LogP contribution in [-0.2, 0) is 9.47 Å². The summed E-state index contributed by atoms with van der Waals surface area (Å²) >= 11 is 0. The largest absolute Gasteiger partial charge is 0.352 e. The predicted octanol–water partition coefficient (Wildman–Crippen LogP) is 1.41. The fraction of sp³-hybridized carbons (Fsp3) is 1.00. The van der Waals surface area contributed by atoms with Crippen molar-refractivity contribution in [2.45, 2.75) is 26.6 Å². The van der Waals surface area contributed by atoms with Crippen molar-refractivity contribution < 1.29 is 9.47 Å². The van der Waals surface area contributed by atoms with Gasteiger partial charge in [-0.15, -0.1) is 0 Å². The van der Waals surface area contributed by atoms with Crippen LogP contribution < -0.4 is 0 Å². The molecule has 0 spiro atoms. The zero-order valence-corrected chi connectivity index (χ0v) is 6.09. The van der Waals surface area contributed by atoms with Crippen molar-refractivity contribution in [2.24, 2.45) is 5.92 Å². The Morgan fingerprint density at radius 1 is 1.22 bits per heavy atom. The van der Waals surface area contributed by atoms with Crippen molar-refractivity contribution in [3.05, 3.63) is 0 Å². The van der Waals surface area contributed by atoms with Gasteiger partial charge in [-0.05, 0) is 6.42 Å². The first-order chi connectivity index (χ1) is 4.30. The first-order valence-electron chi connectivity index (χ1n) is 3.54. The Labute approximate surface area is 56.2 Å². The van der Waals surface area contributed by atoms with Gasteiger partial charge in [-0.3, -0.25) is 0 Å². The minimum atomic E-state index is 0.0544. The van der Waals surface area contributed by atoms with E-state index in [1.165, 1.54) is 0 Å². The first-order valence-corrected chi connectivity index (χ1v) is 3.54. The number of hydrogen-bond donors (Lipinski definition) is 0. The van der Waals surface area contributed by atoms with Gasteiger partial charge >= 0.3 is 0 Å². The van der Waals surface area contributed by atoms with Crippen LogP contribution in [0.2, 0.25) is 0 Å². The molecule has 1 rings (SSSR count). The molecule has 1 fully saturated rings. The summed E-state index contributed by atoms with van der Waals surface area (Å²) < 4.78 is 10.6. The van der Waals surface area contributed by atoms with Crippen molar-refractivity contribution in [1.29, 1.82) is 0 Å². The Bertz CT molecular complexity index is 75.0. The highest BCUT2D eigenvalue weighted by Crippen LogP contribution is 2.12. The van der Waals surface area contributed by atoms with Gasteiger partial charge in [0.05, 0.1) is 13.2 Å². The molecule has 54 valence electrons. The normalized spacial score (nSPS) is 23.0. The van der Waals surface area contributed by atoms with Crippen LogP contribution in [0.1, 0.15) is 20.3 Å². The van der Waals surface area contributed by atoms with Gasteiger partial charge in [0.1, 0.15) is 0 Å². The van der Waals surface area contributed by atoms with Crippen LogP contribution in [0, 0.1) is 5.92 Å². The van der Waals surface area contributed by atoms with E-state index in [4.69, 9.17) is 9.47 Å². The van der Waals surface area contributed by atoms with Crippen molar-refractivity contribution in [3.63, 3.8) is 0 Å². The van der Waals surface area contributed by atoms with E-state index in [0.29, 0.717) is 5.92 Å². The summed E-state index contributed by atoms with van der Waals surface area (Å²) in [5, 5.41) is 0. The molecule has 9 heavy (non-hydrogen) atoms. The molecule has 2 nitrogen and oxygen atoms in total. The van der Waals surface area contributed by atoms with E-state index in [-0.39, 0.29) is 6.29 Å². The van der Waals surface area contributed by atoms with Crippen LogP contribution in [0.4, 0.5) is 0 Å². The van der Waals surface area contributed by atoms with Crippen LogP contribution in [0.3, 0.4) is 0 Å². The Morgan fingerprint density at radius 3 is 2.11 bits per heavy atom. The van der Waals surface area contributed by atoms with Gasteiger partial charge in [0.25, 0.3) is 0 Å². The monoisotopic (exact) mass is 130 g/mol. The molecule has 0 aliphatic carbocycles. The first kappa shape index (κ1) is 7.03. The molecule has 1 heterocycles. The van der Waals surface area contributed by atoms with Gasteiger partial charge in [0.15, 0.2) is 6.29 Å². The third kappa shape index (κ3) is 1.95. The molecule has 1 saturated heterocycles. The molecule has 0 N–H and O–H groups in total. The second-order valence-corrected chi connectivity index (χ2v) is 2.71. The molecule has 2 heteroatoms. The topological polar surface area (TPSA) is 18.5 Å². The average molecular weight is 130 g/mol. The smallest absolute Gasteiger partial charge is 0.159 e. The molecule has 0 aromatic carbocycles. The van der Waals surface area contributed by atoms with Crippen molar-refractivity contribution in [3.8, 4) is 0 Å². The van der Waals surface area contributed by atoms with Gasteiger partial charge in [-0.25, -0.2) is 0 Å². The van der Waals surface area contributed by atoms with Gasteiger partial charge in [-0.1, -0.05) is 13.8 Å². The molecule has 1 aliphatic heterocycles. The highest BCUT2D eigenvalue weighted by Gasteiger charge is 2.16. The second-order valence-electron chi connectivity index (χ2n) is 2.71. The maximum atomic E-state index is 5.32. The minimum absolute atomic E-state index is 0.0544. The predicted molar refractivity (Wildman–Crippen MR) is 35.1 cm³/mol. The van der Waals surface area contributed by atoms with Gasteiger partial charge in [0.2, 0.25) is 0 Å². The molecule has 0 radical (unpaired) electrons. The Hall–Kier alpha value is -0.0800. The van der Waals surface area contributed by atoms with Gasteiger partial charge in [-0.2, -0.15) is 0 Å². The fourth-order valence-electron chi connectivity index (χ4n) is 0.891. The van der Waals surface area contributed by atoms with E-state index in [1.54, 1.807) is 0 Å². The maximum Gasteiger partial charge on any atom is 0.159 e. The molecule has 0 aromatic heterocycles. The lowest BCUT2D eigenvalue weighted by molar-refractivity contribution is -0.198. The fourth-order valence-corrected chi connectivity index (χ4v) is 0.891. The lowest BCUT2D eigenvalue weighted by Crippen LogP contribution is -2.29. The Balaban J connectivity index is 2.23. The number of ether oxygens (including phenoxy) is 2. The summed E-state index contributed by atoms with van der Waals surface area (Å²) in [5.41, 5.74) is 0. The number of rotatable bonds is 1. The molecule has 0 saturated carbocycles. The average Bonchev–Trinajstić information content (AvgIpc) is 1.90. The van der Waals surface area contributed by atoms with E-state index in [2.05, 4.69) is 13.8 Å². The standard InChI is InChI=1S/C7H14O2/c1-6(2)7-8-4-3-5-9-7/h6-7H,3-5H2,1-2H3. The van der Waals surface area contributed by atoms with Crippen LogP contribution in [0.25, 0.3) is 0 Å². The highest BCUT2D eigenvalue weighted by molar-refractivity contribution is 4.54. The molecular weight excluding hydrogens is 116 g/mol. The van der Waals surface area contributed by atoms with E-state index in [9.17, 15) is 0 Å². The lowest BCUT2D eigenvalue weighted by atomic mass is 10.2. The summed E-state index contributed by atoms with van der Waals surface area (Å²) in [6, 6.07) is 0.